The first-order chi connectivity index (χ1) is 9.24. The largest absolute Gasteiger partial charge is 0.310 e. The van der Waals surface area contributed by atoms with Crippen LogP contribution in [0.4, 0.5) is 0 Å². The summed E-state index contributed by atoms with van der Waals surface area (Å²) in [7, 11) is 0. The van der Waals surface area contributed by atoms with Crippen molar-refractivity contribution in [3.8, 4) is 11.1 Å². The van der Waals surface area contributed by atoms with Gasteiger partial charge in [-0.05, 0) is 60.2 Å². The summed E-state index contributed by atoms with van der Waals surface area (Å²) in [5.74, 6) is 0. The number of aryl methyl sites for hydroxylation is 1. The van der Waals surface area contributed by atoms with Gasteiger partial charge in [-0.15, -0.1) is 0 Å². The Bertz CT molecular complexity index is 591. The average molecular weight is 273 g/mol. The maximum atomic E-state index is 6.13. The summed E-state index contributed by atoms with van der Waals surface area (Å²) in [6, 6.07) is 8.89. The van der Waals surface area contributed by atoms with Crippen molar-refractivity contribution >= 4 is 11.6 Å². The van der Waals surface area contributed by atoms with E-state index in [9.17, 15) is 0 Å². The molecule has 2 nitrogen and oxygen atoms in total. The molecule has 0 unspecified atom stereocenters. The van der Waals surface area contributed by atoms with Crippen LogP contribution in [-0.4, -0.2) is 11.0 Å². The Balaban J connectivity index is 1.96. The van der Waals surface area contributed by atoms with Crippen LogP contribution in [0.25, 0.3) is 11.1 Å². The van der Waals surface area contributed by atoms with E-state index in [0.717, 1.165) is 11.6 Å². The van der Waals surface area contributed by atoms with Gasteiger partial charge in [-0.2, -0.15) is 0 Å². The lowest BCUT2D eigenvalue weighted by Crippen LogP contribution is -2.16. The van der Waals surface area contributed by atoms with E-state index < -0.39 is 0 Å². The smallest absolute Gasteiger partial charge is 0.0409 e. The molecule has 2 aromatic rings. The molecule has 3 rings (SSSR count). The van der Waals surface area contributed by atoms with E-state index in [2.05, 4.69) is 35.4 Å². The second kappa shape index (κ2) is 5.32. The quantitative estimate of drug-likeness (QED) is 0.911. The molecular formula is C16H17ClN2. The van der Waals surface area contributed by atoms with Crippen molar-refractivity contribution in [2.24, 2.45) is 0 Å². The maximum absolute atomic E-state index is 6.13. The highest BCUT2D eigenvalue weighted by atomic mass is 35.5. The van der Waals surface area contributed by atoms with Gasteiger partial charge in [0.2, 0.25) is 0 Å². The molecule has 98 valence electrons. The minimum atomic E-state index is 0.699. The number of nitrogens with zero attached hydrogens (tertiary/aromatic N) is 1. The molecule has 1 fully saturated rings. The molecule has 3 heteroatoms. The molecule has 1 heterocycles. The highest BCUT2D eigenvalue weighted by Gasteiger charge is 2.20. The van der Waals surface area contributed by atoms with Crippen LogP contribution in [0.1, 0.15) is 24.0 Å². The lowest BCUT2D eigenvalue weighted by atomic mass is 9.97. The zero-order chi connectivity index (χ0) is 13.2. The summed E-state index contributed by atoms with van der Waals surface area (Å²) in [4.78, 5) is 4.16. The minimum absolute atomic E-state index is 0.699. The van der Waals surface area contributed by atoms with Crippen LogP contribution in [0.15, 0.2) is 36.7 Å². The predicted molar refractivity (Wildman–Crippen MR) is 79.3 cm³/mol. The van der Waals surface area contributed by atoms with Crippen LogP contribution in [0.2, 0.25) is 5.02 Å². The van der Waals surface area contributed by atoms with Crippen LogP contribution in [-0.2, 0) is 6.54 Å². The van der Waals surface area contributed by atoms with Crippen molar-refractivity contribution in [1.29, 1.82) is 0 Å². The molecule has 0 aliphatic heterocycles. The molecule has 1 aromatic carbocycles. The predicted octanol–water partition coefficient (Wildman–Crippen LogP) is 3.96. The fraction of sp³-hybridized carbons (Fsp3) is 0.312. The fourth-order valence-electron chi connectivity index (χ4n) is 2.29. The summed E-state index contributed by atoms with van der Waals surface area (Å²) in [6.45, 7) is 2.97. The summed E-state index contributed by atoms with van der Waals surface area (Å²) in [5, 5.41) is 4.35. The van der Waals surface area contributed by atoms with E-state index >= 15 is 0 Å². The van der Waals surface area contributed by atoms with Crippen molar-refractivity contribution in [3.63, 3.8) is 0 Å². The van der Waals surface area contributed by atoms with Crippen molar-refractivity contribution < 1.29 is 0 Å². The number of benzene rings is 1. The van der Waals surface area contributed by atoms with Crippen LogP contribution in [0.3, 0.4) is 0 Å². The van der Waals surface area contributed by atoms with Gasteiger partial charge in [0.05, 0.1) is 0 Å². The van der Waals surface area contributed by atoms with Crippen molar-refractivity contribution in [2.45, 2.75) is 32.4 Å². The number of aromatic nitrogens is 1. The van der Waals surface area contributed by atoms with E-state index in [1.165, 1.54) is 35.1 Å². The molecule has 0 bridgehead atoms. The van der Waals surface area contributed by atoms with Gasteiger partial charge in [-0.3, -0.25) is 4.98 Å². The first kappa shape index (κ1) is 12.6. The Labute approximate surface area is 118 Å². The number of hydrogen-bond acceptors (Lipinski definition) is 2. The molecule has 0 amide bonds. The summed E-state index contributed by atoms with van der Waals surface area (Å²) in [5.41, 5.74) is 4.93. The third kappa shape index (κ3) is 2.96. The minimum Gasteiger partial charge on any atom is -0.310 e. The van der Waals surface area contributed by atoms with Gasteiger partial charge in [-0.25, -0.2) is 0 Å². The van der Waals surface area contributed by atoms with Gasteiger partial charge in [-0.1, -0.05) is 17.7 Å². The number of nitrogens with one attached hydrogen (secondary N) is 1. The number of pyridine rings is 1. The van der Waals surface area contributed by atoms with E-state index in [1.807, 2.05) is 18.5 Å². The van der Waals surface area contributed by atoms with Crippen LogP contribution in [0, 0.1) is 6.92 Å². The molecule has 1 saturated carbocycles. The monoisotopic (exact) mass is 272 g/mol. The molecular weight excluding hydrogens is 256 g/mol. The van der Waals surface area contributed by atoms with Crippen LogP contribution in [0.5, 0.6) is 0 Å². The SMILES string of the molecule is Cc1cnccc1-c1ccc(Cl)cc1CNC1CC1. The first-order valence-electron chi connectivity index (χ1n) is 6.67. The Morgan fingerprint density at radius 2 is 2.11 bits per heavy atom. The van der Waals surface area contributed by atoms with E-state index in [4.69, 9.17) is 11.6 Å². The molecule has 1 N–H and O–H groups in total. The standard InChI is InChI=1S/C16H17ClN2/c1-11-9-18-7-6-15(11)16-5-2-13(17)8-12(16)10-19-14-3-4-14/h2,5-9,14,19H,3-4,10H2,1H3. The Kier molecular flexibility index (Phi) is 3.54. The summed E-state index contributed by atoms with van der Waals surface area (Å²) >= 11 is 6.13. The van der Waals surface area contributed by atoms with Gasteiger partial charge >= 0.3 is 0 Å². The normalized spacial score (nSPS) is 14.6. The van der Waals surface area contributed by atoms with Gasteiger partial charge in [0.25, 0.3) is 0 Å². The van der Waals surface area contributed by atoms with Crippen molar-refractivity contribution in [3.05, 3.63) is 52.8 Å². The highest BCUT2D eigenvalue weighted by molar-refractivity contribution is 6.30. The third-order valence-corrected chi connectivity index (χ3v) is 3.77. The van der Waals surface area contributed by atoms with Gasteiger partial charge in [0.1, 0.15) is 0 Å². The second-order valence-electron chi connectivity index (χ2n) is 5.15. The zero-order valence-corrected chi connectivity index (χ0v) is 11.7. The van der Waals surface area contributed by atoms with E-state index in [1.54, 1.807) is 0 Å². The summed E-state index contributed by atoms with van der Waals surface area (Å²) < 4.78 is 0. The van der Waals surface area contributed by atoms with Gasteiger partial charge < -0.3 is 5.32 Å². The van der Waals surface area contributed by atoms with Crippen molar-refractivity contribution in [1.82, 2.24) is 10.3 Å². The molecule has 0 spiro atoms. The lowest BCUT2D eigenvalue weighted by Gasteiger charge is -2.13. The number of hydrogen-bond donors (Lipinski definition) is 1. The topological polar surface area (TPSA) is 24.9 Å². The molecule has 0 saturated heterocycles. The van der Waals surface area contributed by atoms with E-state index in [-0.39, 0.29) is 0 Å². The second-order valence-corrected chi connectivity index (χ2v) is 5.58. The zero-order valence-electron chi connectivity index (χ0n) is 11.0. The van der Waals surface area contributed by atoms with E-state index in [0.29, 0.717) is 6.04 Å². The Morgan fingerprint density at radius 1 is 1.26 bits per heavy atom. The van der Waals surface area contributed by atoms with Crippen LogP contribution >= 0.6 is 11.6 Å². The first-order valence-corrected chi connectivity index (χ1v) is 7.04. The van der Waals surface area contributed by atoms with Crippen molar-refractivity contribution in [2.75, 3.05) is 0 Å². The van der Waals surface area contributed by atoms with Crippen LogP contribution < -0.4 is 5.32 Å². The fourth-order valence-corrected chi connectivity index (χ4v) is 2.48. The maximum Gasteiger partial charge on any atom is 0.0409 e. The number of halogens is 1. The molecule has 1 aromatic heterocycles. The summed E-state index contributed by atoms with van der Waals surface area (Å²) in [6.07, 6.45) is 6.34. The van der Waals surface area contributed by atoms with Gasteiger partial charge in [0, 0.05) is 30.0 Å². The molecule has 19 heavy (non-hydrogen) atoms. The molecule has 0 atom stereocenters. The Morgan fingerprint density at radius 3 is 2.84 bits per heavy atom. The number of rotatable bonds is 4. The van der Waals surface area contributed by atoms with Gasteiger partial charge in [0.15, 0.2) is 0 Å². The molecule has 0 radical (unpaired) electrons. The Hall–Kier alpha value is -1.38. The lowest BCUT2D eigenvalue weighted by molar-refractivity contribution is 0.689. The highest BCUT2D eigenvalue weighted by Crippen LogP contribution is 2.29. The average Bonchev–Trinajstić information content (AvgIpc) is 3.22. The molecule has 1 aliphatic carbocycles. The third-order valence-electron chi connectivity index (χ3n) is 3.54. The molecule has 1 aliphatic rings.